The van der Waals surface area contributed by atoms with E-state index < -0.39 is 0 Å². The first-order chi connectivity index (χ1) is 20.9. The molecule has 12 nitrogen and oxygen atoms in total. The number of hydrogen-bond donors (Lipinski definition) is 0. The van der Waals surface area contributed by atoms with Gasteiger partial charge in [0.05, 0.1) is 19.3 Å². The zero-order valence-corrected chi connectivity index (χ0v) is 24.3. The number of aryl methyl sites for hydroxylation is 1. The van der Waals surface area contributed by atoms with E-state index >= 15 is 0 Å². The highest BCUT2D eigenvalue weighted by atomic mass is 16.5. The van der Waals surface area contributed by atoms with Gasteiger partial charge in [0.25, 0.3) is 0 Å². The van der Waals surface area contributed by atoms with Gasteiger partial charge in [-0.1, -0.05) is 37.3 Å². The molecule has 1 aromatic carbocycles. The number of aromatic nitrogens is 7. The van der Waals surface area contributed by atoms with Crippen LogP contribution in [0.3, 0.4) is 0 Å². The van der Waals surface area contributed by atoms with Crippen molar-refractivity contribution in [2.24, 2.45) is 5.41 Å². The molecule has 0 aliphatic carbocycles. The minimum atomic E-state index is -0.270. The summed E-state index contributed by atoms with van der Waals surface area (Å²) in [7, 11) is 0. The van der Waals surface area contributed by atoms with Crippen LogP contribution < -0.4 is 9.64 Å². The number of carbonyl (C=O) groups is 2. The Morgan fingerprint density at radius 2 is 1.95 bits per heavy atom. The number of Topliss-reactive ketones (excluding diaryl/α,β-unsaturated/α-hetero) is 1. The fourth-order valence-corrected chi connectivity index (χ4v) is 6.28. The number of fused-ring (bicyclic) bond motifs is 2. The van der Waals surface area contributed by atoms with Crippen LogP contribution >= 0.6 is 0 Å². The predicted octanol–water partition coefficient (Wildman–Crippen LogP) is 3.36. The maximum absolute atomic E-state index is 13.3. The normalized spacial score (nSPS) is 17.3. The van der Waals surface area contributed by atoms with Gasteiger partial charge in [-0.15, -0.1) is 15.3 Å². The standard InChI is InChI=1S/C31H33N9O3/c1-21-14-24(43-18-22(2)23-6-4-3-5-7-23)16-40-28(21)34-27(36-40)25(41)17-39-19-31(15-26(39)42)8-11-37(12-9-31)29-30-35-33-20-38(30)13-10-32-29/h3-7,10,13-14,16,20,22H,8-9,11-12,15,17-19H2,1-2H3/t22-/m0/s1. The van der Waals surface area contributed by atoms with Crippen LogP contribution in [0.15, 0.2) is 61.3 Å². The molecule has 0 N–H and O–H groups in total. The molecule has 0 unspecified atom stereocenters. The van der Waals surface area contributed by atoms with Crippen molar-refractivity contribution in [2.45, 2.75) is 39.0 Å². The van der Waals surface area contributed by atoms with Crippen molar-refractivity contribution in [3.8, 4) is 5.75 Å². The summed E-state index contributed by atoms with van der Waals surface area (Å²) in [6.07, 6.45) is 9.09. The van der Waals surface area contributed by atoms with E-state index in [4.69, 9.17) is 4.74 Å². The molecule has 43 heavy (non-hydrogen) atoms. The molecule has 2 aliphatic heterocycles. The van der Waals surface area contributed by atoms with Crippen LogP contribution in [0, 0.1) is 12.3 Å². The van der Waals surface area contributed by atoms with E-state index in [1.54, 1.807) is 28.1 Å². The average molecular weight is 580 g/mol. The second-order valence-electron chi connectivity index (χ2n) is 11.8. The SMILES string of the molecule is Cc1cc(OC[C@H](C)c2ccccc2)cn2nc(C(=O)CN3CC4(CCN(c5nccn6cnnc56)CC4)CC3=O)nc12. The number of carbonyl (C=O) groups excluding carboxylic acids is 2. The van der Waals surface area contributed by atoms with E-state index in [0.29, 0.717) is 31.0 Å². The number of nitrogens with zero attached hydrogens (tertiary/aromatic N) is 9. The molecule has 4 aromatic heterocycles. The van der Waals surface area contributed by atoms with Crippen LogP contribution in [-0.4, -0.2) is 83.6 Å². The third kappa shape index (κ3) is 5.17. The Bertz CT molecular complexity index is 1810. The maximum Gasteiger partial charge on any atom is 0.223 e. The third-order valence-electron chi connectivity index (χ3n) is 8.77. The number of rotatable bonds is 8. The molecule has 220 valence electrons. The zero-order chi connectivity index (χ0) is 29.6. The zero-order valence-electron chi connectivity index (χ0n) is 24.3. The Morgan fingerprint density at radius 1 is 1.14 bits per heavy atom. The van der Waals surface area contributed by atoms with Crippen molar-refractivity contribution in [2.75, 3.05) is 37.7 Å². The number of ketones is 1. The lowest BCUT2D eigenvalue weighted by Crippen LogP contribution is -2.42. The Balaban J connectivity index is 0.991. The number of benzene rings is 1. The number of piperidine rings is 1. The van der Waals surface area contributed by atoms with Crippen LogP contribution in [0.25, 0.3) is 11.3 Å². The van der Waals surface area contributed by atoms with Crippen molar-refractivity contribution < 1.29 is 14.3 Å². The number of amides is 1. The summed E-state index contributed by atoms with van der Waals surface area (Å²) >= 11 is 0. The van der Waals surface area contributed by atoms with Gasteiger partial charge in [-0.2, -0.15) is 0 Å². The van der Waals surface area contributed by atoms with Crippen LogP contribution in [0.2, 0.25) is 0 Å². The summed E-state index contributed by atoms with van der Waals surface area (Å²) in [4.78, 5) is 39.3. The van der Waals surface area contributed by atoms with Gasteiger partial charge in [-0.05, 0) is 37.0 Å². The molecule has 0 radical (unpaired) electrons. The summed E-state index contributed by atoms with van der Waals surface area (Å²) in [5, 5.41) is 12.7. The van der Waals surface area contributed by atoms with Crippen LogP contribution in [0.4, 0.5) is 5.82 Å². The molecule has 7 rings (SSSR count). The fourth-order valence-electron chi connectivity index (χ4n) is 6.28. The van der Waals surface area contributed by atoms with Gasteiger partial charge in [0.1, 0.15) is 12.1 Å². The molecule has 2 fully saturated rings. The van der Waals surface area contributed by atoms with Gasteiger partial charge in [-0.25, -0.2) is 14.5 Å². The van der Waals surface area contributed by atoms with Gasteiger partial charge >= 0.3 is 0 Å². The molecule has 0 bridgehead atoms. The first-order valence-corrected chi connectivity index (χ1v) is 14.6. The van der Waals surface area contributed by atoms with E-state index in [-0.39, 0.29) is 35.4 Å². The fraction of sp³-hybridized carbons (Fsp3) is 0.387. The van der Waals surface area contributed by atoms with Crippen molar-refractivity contribution >= 4 is 28.8 Å². The number of anilines is 1. The summed E-state index contributed by atoms with van der Waals surface area (Å²) in [6.45, 7) is 6.60. The molecule has 2 saturated heterocycles. The van der Waals surface area contributed by atoms with Gasteiger partial charge < -0.3 is 14.5 Å². The molecular weight excluding hydrogens is 546 g/mol. The molecule has 6 heterocycles. The first kappa shape index (κ1) is 27.0. The maximum atomic E-state index is 13.3. The van der Waals surface area contributed by atoms with E-state index in [1.807, 2.05) is 41.8 Å². The van der Waals surface area contributed by atoms with Gasteiger partial charge in [0.2, 0.25) is 23.2 Å². The van der Waals surface area contributed by atoms with Crippen molar-refractivity contribution in [3.05, 3.63) is 78.3 Å². The average Bonchev–Trinajstić information content (AvgIpc) is 3.75. The van der Waals surface area contributed by atoms with Crippen molar-refractivity contribution in [3.63, 3.8) is 0 Å². The minimum Gasteiger partial charge on any atom is -0.491 e. The van der Waals surface area contributed by atoms with E-state index in [2.05, 4.69) is 49.2 Å². The monoisotopic (exact) mass is 579 g/mol. The second kappa shape index (κ2) is 10.8. The number of likely N-dealkylation sites (tertiary alicyclic amines) is 1. The number of hydrogen-bond acceptors (Lipinski definition) is 9. The van der Waals surface area contributed by atoms with Gasteiger partial charge in [-0.3, -0.25) is 14.0 Å². The molecule has 1 spiro atoms. The minimum absolute atomic E-state index is 0.00245. The van der Waals surface area contributed by atoms with Crippen LogP contribution in [0.5, 0.6) is 5.75 Å². The topological polar surface area (TPSA) is 123 Å². The largest absolute Gasteiger partial charge is 0.491 e. The number of ether oxygens (including phenoxy) is 1. The first-order valence-electron chi connectivity index (χ1n) is 14.6. The van der Waals surface area contributed by atoms with Crippen molar-refractivity contribution in [1.29, 1.82) is 0 Å². The lowest BCUT2D eigenvalue weighted by molar-refractivity contribution is -0.127. The van der Waals surface area contributed by atoms with Crippen LogP contribution in [-0.2, 0) is 4.79 Å². The third-order valence-corrected chi connectivity index (χ3v) is 8.77. The number of pyridine rings is 1. The summed E-state index contributed by atoms with van der Waals surface area (Å²) in [6, 6.07) is 12.1. The summed E-state index contributed by atoms with van der Waals surface area (Å²) < 4.78 is 9.53. The summed E-state index contributed by atoms with van der Waals surface area (Å²) in [5.74, 6) is 1.53. The highest BCUT2D eigenvalue weighted by Gasteiger charge is 2.45. The lowest BCUT2D eigenvalue weighted by Gasteiger charge is -2.39. The second-order valence-corrected chi connectivity index (χ2v) is 11.8. The Kier molecular flexibility index (Phi) is 6.75. The Morgan fingerprint density at radius 3 is 2.77 bits per heavy atom. The van der Waals surface area contributed by atoms with E-state index in [1.165, 1.54) is 5.56 Å². The van der Waals surface area contributed by atoms with Gasteiger partial charge in [0, 0.05) is 49.8 Å². The molecule has 1 atom stereocenters. The van der Waals surface area contributed by atoms with Crippen molar-refractivity contribution in [1.82, 2.24) is 39.1 Å². The smallest absolute Gasteiger partial charge is 0.223 e. The highest BCUT2D eigenvalue weighted by molar-refractivity contribution is 5.97. The predicted molar refractivity (Wildman–Crippen MR) is 158 cm³/mol. The molecule has 5 aromatic rings. The van der Waals surface area contributed by atoms with Crippen LogP contribution in [0.1, 0.15) is 53.8 Å². The molecule has 2 aliphatic rings. The Hall–Kier alpha value is -4.87. The molecule has 0 saturated carbocycles. The Labute approximate surface area is 248 Å². The van der Waals surface area contributed by atoms with Gasteiger partial charge in [0.15, 0.2) is 11.5 Å². The van der Waals surface area contributed by atoms with E-state index in [0.717, 1.165) is 43.0 Å². The lowest BCUT2D eigenvalue weighted by atomic mass is 9.77. The summed E-state index contributed by atoms with van der Waals surface area (Å²) in [5.41, 5.74) is 3.23. The molecular formula is C31H33N9O3. The molecule has 12 heteroatoms. The molecule has 1 amide bonds. The van der Waals surface area contributed by atoms with E-state index in [9.17, 15) is 9.59 Å². The highest BCUT2D eigenvalue weighted by Crippen LogP contribution is 2.42. The quantitative estimate of drug-likeness (QED) is 0.255.